The molecule has 0 aliphatic heterocycles. The number of esters is 3. The molecule has 0 spiro atoms. The van der Waals surface area contributed by atoms with E-state index < -0.39 is 54.7 Å². The number of aldehydes is 1. The highest BCUT2D eigenvalue weighted by atomic mass is 16.6. The van der Waals surface area contributed by atoms with Crippen molar-refractivity contribution in [2.75, 3.05) is 6.61 Å². The van der Waals surface area contributed by atoms with Crippen LogP contribution in [0, 0.1) is 0 Å². The zero-order chi connectivity index (χ0) is 31.5. The van der Waals surface area contributed by atoms with Gasteiger partial charge in [-0.25, -0.2) is 14.4 Å². The normalized spacial score (nSPS) is 13.4. The Kier molecular flexibility index (Phi) is 10.8. The number of aliphatic hydroxyl groups excluding tert-OH is 2. The maximum Gasteiger partial charge on any atom is 0.339 e. The number of carbonyl (C=O) groups excluding carboxylic acids is 5. The molecule has 0 aliphatic carbocycles. The Bertz CT molecular complexity index is 1590. The van der Waals surface area contributed by atoms with Crippen LogP contribution in [0.25, 0.3) is 0 Å². The Morgan fingerprint density at radius 3 is 1.48 bits per heavy atom. The minimum absolute atomic E-state index is 0.0198. The van der Waals surface area contributed by atoms with Gasteiger partial charge in [0, 0.05) is 11.1 Å². The molecule has 0 aliphatic rings. The number of ketones is 1. The van der Waals surface area contributed by atoms with E-state index in [2.05, 4.69) is 0 Å². The Hall–Kier alpha value is -5.45. The third-order valence-electron chi connectivity index (χ3n) is 6.52. The van der Waals surface area contributed by atoms with Crippen LogP contribution in [0.15, 0.2) is 115 Å². The van der Waals surface area contributed by atoms with E-state index in [1.807, 2.05) is 0 Å². The van der Waals surface area contributed by atoms with Crippen molar-refractivity contribution in [1.29, 1.82) is 0 Å². The van der Waals surface area contributed by atoms with Gasteiger partial charge < -0.3 is 24.4 Å². The highest BCUT2D eigenvalue weighted by Gasteiger charge is 2.43. The molecule has 4 rings (SSSR count). The van der Waals surface area contributed by atoms with Crippen molar-refractivity contribution in [2.24, 2.45) is 0 Å². The summed E-state index contributed by atoms with van der Waals surface area (Å²) < 4.78 is 16.4. The highest BCUT2D eigenvalue weighted by molar-refractivity contribution is 6.14. The number of ether oxygens (including phenoxy) is 3. The number of aliphatic hydroxyl groups is 2. The van der Waals surface area contributed by atoms with Gasteiger partial charge in [-0.05, 0) is 30.3 Å². The van der Waals surface area contributed by atoms with Crippen molar-refractivity contribution in [3.63, 3.8) is 0 Å². The molecule has 0 aromatic heterocycles. The molecular formula is C34H28O10. The first kappa shape index (κ1) is 31.5. The summed E-state index contributed by atoms with van der Waals surface area (Å²) in [6.45, 7) is -0.972. The molecule has 0 unspecified atom stereocenters. The lowest BCUT2D eigenvalue weighted by molar-refractivity contribution is -0.141. The van der Waals surface area contributed by atoms with Crippen molar-refractivity contribution in [2.45, 2.75) is 24.4 Å². The van der Waals surface area contributed by atoms with Gasteiger partial charge in [0.25, 0.3) is 0 Å². The molecule has 4 atom stereocenters. The predicted molar refractivity (Wildman–Crippen MR) is 156 cm³/mol. The molecule has 4 aromatic rings. The number of hydrogen-bond donors (Lipinski definition) is 2. The molecule has 10 heteroatoms. The van der Waals surface area contributed by atoms with Crippen LogP contribution in [0.5, 0.6) is 0 Å². The molecule has 0 saturated carbocycles. The zero-order valence-electron chi connectivity index (χ0n) is 23.2. The van der Waals surface area contributed by atoms with Gasteiger partial charge in [-0.3, -0.25) is 9.59 Å². The van der Waals surface area contributed by atoms with Gasteiger partial charge in [0.15, 0.2) is 30.4 Å². The highest BCUT2D eigenvalue weighted by Crippen LogP contribution is 2.22. The second-order valence-electron chi connectivity index (χ2n) is 9.47. The molecule has 0 heterocycles. The summed E-state index contributed by atoms with van der Waals surface area (Å²) in [6.07, 6.45) is -7.48. The van der Waals surface area contributed by atoms with Crippen LogP contribution >= 0.6 is 0 Å². The monoisotopic (exact) mass is 596 g/mol. The average Bonchev–Trinajstić information content (AvgIpc) is 3.09. The lowest BCUT2D eigenvalue weighted by Gasteiger charge is -2.32. The van der Waals surface area contributed by atoms with Crippen molar-refractivity contribution in [3.05, 3.63) is 143 Å². The molecule has 0 amide bonds. The first-order valence-corrected chi connectivity index (χ1v) is 13.5. The molecule has 224 valence electrons. The largest absolute Gasteiger partial charge is 0.452 e. The van der Waals surface area contributed by atoms with Crippen molar-refractivity contribution in [3.8, 4) is 0 Å². The topological polar surface area (TPSA) is 154 Å². The SMILES string of the molecule is O=C[C@H](OC(=O)c1ccccc1C(=O)c1ccccc1)[C@@H](OC(=O)c1ccccc1)[C@@H](OC(=O)c1ccccc1)[C@H](O)CO. The maximum absolute atomic E-state index is 13.4. The summed E-state index contributed by atoms with van der Waals surface area (Å²) in [4.78, 5) is 65.1. The summed E-state index contributed by atoms with van der Waals surface area (Å²) in [6, 6.07) is 29.2. The standard InChI is InChI=1S/C34H28O10/c35-20-27(37)30(43-32(39)23-14-6-2-7-15-23)31(44-33(40)24-16-8-3-9-17-24)28(21-36)42-34(41)26-19-11-10-18-25(26)29(38)22-12-4-1-5-13-22/h1-19,21,27-28,30-31,35,37H,20H2/t27-,28+,30+,31-/m1/s1. The molecule has 10 nitrogen and oxygen atoms in total. The molecule has 4 aromatic carbocycles. The fourth-order valence-electron chi connectivity index (χ4n) is 4.28. The summed E-state index contributed by atoms with van der Waals surface area (Å²) in [5.41, 5.74) is 0.187. The third-order valence-corrected chi connectivity index (χ3v) is 6.52. The summed E-state index contributed by atoms with van der Waals surface area (Å²) in [5.74, 6) is -3.59. The molecule has 0 bridgehead atoms. The first-order valence-electron chi connectivity index (χ1n) is 13.5. The van der Waals surface area contributed by atoms with E-state index in [-0.39, 0.29) is 28.5 Å². The van der Waals surface area contributed by atoms with Crippen molar-refractivity contribution in [1.82, 2.24) is 0 Å². The molecule has 2 N–H and O–H groups in total. The van der Waals surface area contributed by atoms with E-state index in [1.165, 1.54) is 42.5 Å². The van der Waals surface area contributed by atoms with Crippen LogP contribution in [0.4, 0.5) is 0 Å². The Labute approximate surface area is 252 Å². The predicted octanol–water partition coefficient (Wildman–Crippen LogP) is 3.45. The van der Waals surface area contributed by atoms with E-state index in [1.54, 1.807) is 72.8 Å². The van der Waals surface area contributed by atoms with Gasteiger partial charge in [-0.15, -0.1) is 0 Å². The van der Waals surface area contributed by atoms with Crippen LogP contribution in [0.3, 0.4) is 0 Å². The number of hydrogen-bond acceptors (Lipinski definition) is 10. The van der Waals surface area contributed by atoms with E-state index in [4.69, 9.17) is 14.2 Å². The maximum atomic E-state index is 13.4. The Morgan fingerprint density at radius 2 is 1.00 bits per heavy atom. The number of rotatable bonds is 13. The zero-order valence-corrected chi connectivity index (χ0v) is 23.2. The molecule has 0 saturated heterocycles. The van der Waals surface area contributed by atoms with E-state index in [9.17, 15) is 34.2 Å². The van der Waals surface area contributed by atoms with E-state index >= 15 is 0 Å². The van der Waals surface area contributed by atoms with Gasteiger partial charge in [0.1, 0.15) is 6.10 Å². The van der Waals surface area contributed by atoms with Gasteiger partial charge in [0.05, 0.1) is 23.3 Å². The molecule has 44 heavy (non-hydrogen) atoms. The molecule has 0 radical (unpaired) electrons. The van der Waals surface area contributed by atoms with Crippen LogP contribution in [-0.2, 0) is 19.0 Å². The third kappa shape index (κ3) is 7.68. The fourth-order valence-corrected chi connectivity index (χ4v) is 4.28. The molecule has 0 fully saturated rings. The van der Waals surface area contributed by atoms with Crippen molar-refractivity contribution >= 4 is 30.0 Å². The quantitative estimate of drug-likeness (QED) is 0.102. The van der Waals surface area contributed by atoms with Gasteiger partial charge in [0.2, 0.25) is 0 Å². The van der Waals surface area contributed by atoms with Gasteiger partial charge >= 0.3 is 17.9 Å². The lowest BCUT2D eigenvalue weighted by Crippen LogP contribution is -2.52. The smallest absolute Gasteiger partial charge is 0.339 e. The summed E-state index contributed by atoms with van der Waals surface area (Å²) >= 11 is 0. The van der Waals surface area contributed by atoms with Crippen LogP contribution in [0.1, 0.15) is 47.0 Å². The minimum atomic E-state index is -1.95. The summed E-state index contributed by atoms with van der Waals surface area (Å²) in [5, 5.41) is 20.5. The number of benzene rings is 4. The van der Waals surface area contributed by atoms with Crippen LogP contribution < -0.4 is 0 Å². The second-order valence-corrected chi connectivity index (χ2v) is 9.47. The van der Waals surface area contributed by atoms with Gasteiger partial charge in [-0.2, -0.15) is 0 Å². The van der Waals surface area contributed by atoms with Crippen LogP contribution in [0.2, 0.25) is 0 Å². The lowest BCUT2D eigenvalue weighted by atomic mass is 9.98. The summed E-state index contributed by atoms with van der Waals surface area (Å²) in [7, 11) is 0. The average molecular weight is 597 g/mol. The Morgan fingerprint density at radius 1 is 0.568 bits per heavy atom. The number of carbonyl (C=O) groups is 5. The Balaban J connectivity index is 1.69. The van der Waals surface area contributed by atoms with E-state index in [0.29, 0.717) is 5.56 Å². The fraction of sp³-hybridized carbons (Fsp3) is 0.147. The van der Waals surface area contributed by atoms with E-state index in [0.717, 1.165) is 0 Å². The van der Waals surface area contributed by atoms with Gasteiger partial charge in [-0.1, -0.05) is 84.9 Å². The first-order chi connectivity index (χ1) is 21.3. The molecular weight excluding hydrogens is 568 g/mol. The van der Waals surface area contributed by atoms with Crippen molar-refractivity contribution < 1.29 is 48.4 Å². The minimum Gasteiger partial charge on any atom is -0.452 e. The van der Waals surface area contributed by atoms with Crippen LogP contribution in [-0.4, -0.2) is 71.2 Å². The second kappa shape index (κ2) is 15.1.